The molecule has 0 fully saturated rings. The van der Waals surface area contributed by atoms with E-state index in [4.69, 9.17) is 9.26 Å². The molecule has 0 aliphatic carbocycles. The minimum absolute atomic E-state index is 0.488. The van der Waals surface area contributed by atoms with Gasteiger partial charge in [-0.2, -0.15) is 10.1 Å². The standard InChI is InChI=1S/C19H16N4O2/c1-12-10-15(24-2)6-7-16(12)19-21-18(23-25-19)14-5-3-4-13(11-14)17-8-9-20-22-17/h3-11H,1-2H3,(H,20,22). The predicted molar refractivity (Wildman–Crippen MR) is 94.0 cm³/mol. The van der Waals surface area contributed by atoms with E-state index in [1.807, 2.05) is 55.5 Å². The lowest BCUT2D eigenvalue weighted by Crippen LogP contribution is -1.88. The van der Waals surface area contributed by atoms with Crippen LogP contribution in [0.25, 0.3) is 34.1 Å². The van der Waals surface area contributed by atoms with Gasteiger partial charge in [-0.15, -0.1) is 0 Å². The van der Waals surface area contributed by atoms with Crippen molar-refractivity contribution in [2.24, 2.45) is 0 Å². The average molecular weight is 332 g/mol. The first-order valence-electron chi connectivity index (χ1n) is 7.83. The van der Waals surface area contributed by atoms with Crippen LogP contribution >= 0.6 is 0 Å². The smallest absolute Gasteiger partial charge is 0.258 e. The van der Waals surface area contributed by atoms with Crippen LogP contribution in [0.5, 0.6) is 5.75 Å². The fourth-order valence-electron chi connectivity index (χ4n) is 2.70. The fourth-order valence-corrected chi connectivity index (χ4v) is 2.70. The van der Waals surface area contributed by atoms with Gasteiger partial charge in [0.2, 0.25) is 5.82 Å². The Morgan fingerprint density at radius 3 is 2.68 bits per heavy atom. The van der Waals surface area contributed by atoms with Crippen molar-refractivity contribution in [3.05, 3.63) is 60.3 Å². The molecule has 2 aromatic heterocycles. The van der Waals surface area contributed by atoms with E-state index in [1.165, 1.54) is 0 Å². The summed E-state index contributed by atoms with van der Waals surface area (Å²) < 4.78 is 10.7. The van der Waals surface area contributed by atoms with E-state index >= 15 is 0 Å². The minimum atomic E-state index is 0.488. The highest BCUT2D eigenvalue weighted by atomic mass is 16.5. The van der Waals surface area contributed by atoms with Gasteiger partial charge in [-0.25, -0.2) is 0 Å². The third-order valence-electron chi connectivity index (χ3n) is 4.02. The first-order chi connectivity index (χ1) is 12.2. The van der Waals surface area contributed by atoms with Gasteiger partial charge in [0.1, 0.15) is 5.75 Å². The molecule has 0 saturated heterocycles. The molecule has 0 bridgehead atoms. The summed E-state index contributed by atoms with van der Waals surface area (Å²) in [5, 5.41) is 11.1. The number of rotatable bonds is 4. The number of methoxy groups -OCH3 is 1. The maximum Gasteiger partial charge on any atom is 0.258 e. The van der Waals surface area contributed by atoms with E-state index in [9.17, 15) is 0 Å². The molecule has 4 rings (SSSR count). The lowest BCUT2D eigenvalue weighted by atomic mass is 10.1. The van der Waals surface area contributed by atoms with Gasteiger partial charge < -0.3 is 9.26 Å². The Hall–Kier alpha value is -3.41. The number of H-pyrrole nitrogens is 1. The molecule has 0 atom stereocenters. The lowest BCUT2D eigenvalue weighted by molar-refractivity contribution is 0.414. The molecule has 25 heavy (non-hydrogen) atoms. The van der Waals surface area contributed by atoms with Crippen LogP contribution in [0.1, 0.15) is 5.56 Å². The molecule has 0 amide bonds. The monoisotopic (exact) mass is 332 g/mol. The molecular formula is C19H16N4O2. The number of benzene rings is 2. The molecule has 0 aliphatic heterocycles. The molecule has 0 saturated carbocycles. The molecular weight excluding hydrogens is 316 g/mol. The largest absolute Gasteiger partial charge is 0.497 e. The highest BCUT2D eigenvalue weighted by molar-refractivity contribution is 5.69. The summed E-state index contributed by atoms with van der Waals surface area (Å²) in [7, 11) is 1.64. The van der Waals surface area contributed by atoms with Gasteiger partial charge in [0, 0.05) is 22.9 Å². The molecule has 2 heterocycles. The Kier molecular flexibility index (Phi) is 3.78. The topological polar surface area (TPSA) is 76.8 Å². The van der Waals surface area contributed by atoms with Crippen LogP contribution in [0, 0.1) is 6.92 Å². The van der Waals surface area contributed by atoms with Crippen LogP contribution in [-0.2, 0) is 0 Å². The molecule has 2 aromatic carbocycles. The second kappa shape index (κ2) is 6.24. The van der Waals surface area contributed by atoms with Crippen LogP contribution in [0.3, 0.4) is 0 Å². The highest BCUT2D eigenvalue weighted by Crippen LogP contribution is 2.28. The summed E-state index contributed by atoms with van der Waals surface area (Å²) in [5.74, 6) is 1.84. The molecule has 0 aliphatic rings. The van der Waals surface area contributed by atoms with E-state index in [-0.39, 0.29) is 0 Å². The van der Waals surface area contributed by atoms with Gasteiger partial charge in [0.15, 0.2) is 0 Å². The summed E-state index contributed by atoms with van der Waals surface area (Å²) in [6.45, 7) is 1.99. The van der Waals surface area contributed by atoms with Crippen LogP contribution in [0.4, 0.5) is 0 Å². The summed E-state index contributed by atoms with van der Waals surface area (Å²) in [6, 6.07) is 15.6. The van der Waals surface area contributed by atoms with E-state index in [0.717, 1.165) is 33.7 Å². The normalized spacial score (nSPS) is 10.8. The van der Waals surface area contributed by atoms with Crippen molar-refractivity contribution in [3.63, 3.8) is 0 Å². The maximum atomic E-state index is 5.47. The first-order valence-corrected chi connectivity index (χ1v) is 7.83. The summed E-state index contributed by atoms with van der Waals surface area (Å²) in [6.07, 6.45) is 1.72. The fraction of sp³-hybridized carbons (Fsp3) is 0.105. The van der Waals surface area contributed by atoms with E-state index in [1.54, 1.807) is 13.3 Å². The highest BCUT2D eigenvalue weighted by Gasteiger charge is 2.14. The van der Waals surface area contributed by atoms with Crippen LogP contribution in [0.15, 0.2) is 59.3 Å². The van der Waals surface area contributed by atoms with Crippen molar-refractivity contribution in [3.8, 4) is 39.8 Å². The Morgan fingerprint density at radius 2 is 1.92 bits per heavy atom. The van der Waals surface area contributed by atoms with Crippen molar-refractivity contribution >= 4 is 0 Å². The van der Waals surface area contributed by atoms with Crippen molar-refractivity contribution < 1.29 is 9.26 Å². The minimum Gasteiger partial charge on any atom is -0.497 e. The third kappa shape index (κ3) is 2.89. The number of aryl methyl sites for hydroxylation is 1. The second-order valence-electron chi connectivity index (χ2n) is 5.66. The van der Waals surface area contributed by atoms with Crippen molar-refractivity contribution in [1.82, 2.24) is 20.3 Å². The molecule has 0 unspecified atom stereocenters. The zero-order chi connectivity index (χ0) is 17.2. The second-order valence-corrected chi connectivity index (χ2v) is 5.66. The number of nitrogens with zero attached hydrogens (tertiary/aromatic N) is 3. The van der Waals surface area contributed by atoms with Gasteiger partial charge in [-0.3, -0.25) is 5.10 Å². The van der Waals surface area contributed by atoms with Crippen molar-refractivity contribution in [2.45, 2.75) is 6.92 Å². The summed E-state index contributed by atoms with van der Waals surface area (Å²) in [5.41, 5.74) is 4.75. The van der Waals surface area contributed by atoms with E-state index < -0.39 is 0 Å². The molecule has 4 aromatic rings. The molecule has 0 radical (unpaired) electrons. The van der Waals surface area contributed by atoms with E-state index in [2.05, 4.69) is 20.3 Å². The van der Waals surface area contributed by atoms with Crippen molar-refractivity contribution in [1.29, 1.82) is 0 Å². The van der Waals surface area contributed by atoms with Crippen molar-refractivity contribution in [2.75, 3.05) is 7.11 Å². The quantitative estimate of drug-likeness (QED) is 0.608. The van der Waals surface area contributed by atoms with Crippen LogP contribution < -0.4 is 4.74 Å². The third-order valence-corrected chi connectivity index (χ3v) is 4.02. The molecule has 124 valence electrons. The molecule has 0 spiro atoms. The number of nitrogens with one attached hydrogen (secondary N) is 1. The number of ether oxygens (including phenoxy) is 1. The summed E-state index contributed by atoms with van der Waals surface area (Å²) in [4.78, 5) is 4.55. The zero-order valence-electron chi connectivity index (χ0n) is 13.9. The van der Waals surface area contributed by atoms with Crippen LogP contribution in [0.2, 0.25) is 0 Å². The van der Waals surface area contributed by atoms with Gasteiger partial charge in [-0.05, 0) is 42.8 Å². The van der Waals surface area contributed by atoms with Gasteiger partial charge in [0.25, 0.3) is 5.89 Å². The Labute approximate surface area is 144 Å². The Bertz CT molecular complexity index is 1010. The molecule has 6 heteroatoms. The van der Waals surface area contributed by atoms with Crippen LogP contribution in [-0.4, -0.2) is 27.4 Å². The van der Waals surface area contributed by atoms with E-state index in [0.29, 0.717) is 11.7 Å². The van der Waals surface area contributed by atoms with Gasteiger partial charge in [-0.1, -0.05) is 23.4 Å². The van der Waals surface area contributed by atoms with Gasteiger partial charge in [0.05, 0.1) is 12.8 Å². The first kappa shape index (κ1) is 15.1. The number of hydrogen-bond acceptors (Lipinski definition) is 5. The Morgan fingerprint density at radius 1 is 1.04 bits per heavy atom. The number of aromatic amines is 1. The average Bonchev–Trinajstić information content (AvgIpc) is 3.34. The number of hydrogen-bond donors (Lipinski definition) is 1. The maximum absolute atomic E-state index is 5.47. The molecule has 6 nitrogen and oxygen atoms in total. The van der Waals surface area contributed by atoms with Gasteiger partial charge >= 0.3 is 0 Å². The molecule has 1 N–H and O–H groups in total. The predicted octanol–water partition coefficient (Wildman–Crippen LogP) is 4.11. The number of aromatic nitrogens is 4. The SMILES string of the molecule is COc1ccc(-c2nc(-c3cccc(-c4ccn[nH]4)c3)no2)c(C)c1. The zero-order valence-corrected chi connectivity index (χ0v) is 13.9. The lowest BCUT2D eigenvalue weighted by Gasteiger charge is -2.04. The summed E-state index contributed by atoms with van der Waals surface area (Å²) >= 11 is 0. The Balaban J connectivity index is 1.69.